The molecule has 0 saturated carbocycles. The first-order valence-corrected chi connectivity index (χ1v) is 11.7. The predicted molar refractivity (Wildman–Crippen MR) is 119 cm³/mol. The number of hydrogen-bond donors (Lipinski definition) is 2. The molecule has 1 rings (SSSR count). The Morgan fingerprint density at radius 1 is 0.862 bits per heavy atom. The quantitative estimate of drug-likeness (QED) is 0.257. The van der Waals surface area contributed by atoms with Crippen LogP contribution in [0.4, 0.5) is 0 Å². The molecule has 1 aromatic carbocycles. The van der Waals surface area contributed by atoms with Crippen molar-refractivity contribution in [3.8, 4) is 0 Å². The lowest BCUT2D eigenvalue weighted by molar-refractivity contribution is -0.137. The summed E-state index contributed by atoms with van der Waals surface area (Å²) in [6.07, 6.45) is 14.1. The molecule has 0 amide bonds. The molecule has 166 valence electrons. The van der Waals surface area contributed by atoms with Crippen LogP contribution in [0.3, 0.4) is 0 Å². The van der Waals surface area contributed by atoms with Crippen molar-refractivity contribution in [2.45, 2.75) is 116 Å². The van der Waals surface area contributed by atoms with Gasteiger partial charge in [-0.15, -0.1) is 0 Å². The van der Waals surface area contributed by atoms with Crippen molar-refractivity contribution in [2.24, 2.45) is 0 Å². The Morgan fingerprint density at radius 3 is 2.00 bits per heavy atom. The van der Waals surface area contributed by atoms with Gasteiger partial charge in [0.05, 0.1) is 18.8 Å². The summed E-state index contributed by atoms with van der Waals surface area (Å²) < 4.78 is 6.05. The molecule has 4 nitrogen and oxygen atoms in total. The normalized spacial score (nSPS) is 13.3. The standard InChI is InChI=1S/C25H42O4/c1-2-24(29-21-22-15-9-7-10-16-22)19-13-6-4-3-5-11-17-23(26)18-12-8-14-20-25(27)28/h7,9-10,15-16,23-24,26H,2-6,8,11-14,17-21H2,1H3,(H,27,28). The summed E-state index contributed by atoms with van der Waals surface area (Å²) in [5.41, 5.74) is 1.24. The maximum Gasteiger partial charge on any atom is 0.303 e. The number of ether oxygens (including phenoxy) is 1. The van der Waals surface area contributed by atoms with Gasteiger partial charge in [-0.05, 0) is 37.7 Å². The second kappa shape index (κ2) is 17.5. The average molecular weight is 407 g/mol. The van der Waals surface area contributed by atoms with Crippen molar-refractivity contribution < 1.29 is 19.7 Å². The van der Waals surface area contributed by atoms with E-state index in [1.807, 2.05) is 6.07 Å². The zero-order valence-corrected chi connectivity index (χ0v) is 18.4. The number of benzene rings is 1. The average Bonchev–Trinajstić information content (AvgIpc) is 2.72. The number of rotatable bonds is 19. The van der Waals surface area contributed by atoms with E-state index in [0.717, 1.165) is 51.4 Å². The highest BCUT2D eigenvalue weighted by Gasteiger charge is 2.07. The third kappa shape index (κ3) is 15.2. The van der Waals surface area contributed by atoms with Crippen LogP contribution >= 0.6 is 0 Å². The lowest BCUT2D eigenvalue weighted by atomic mass is 10.0. The molecular formula is C25H42O4. The summed E-state index contributed by atoms with van der Waals surface area (Å²) in [6.45, 7) is 2.91. The summed E-state index contributed by atoms with van der Waals surface area (Å²) in [5.74, 6) is -0.726. The fourth-order valence-corrected chi connectivity index (χ4v) is 3.63. The van der Waals surface area contributed by atoms with Crippen LogP contribution in [0.15, 0.2) is 30.3 Å². The molecule has 4 heteroatoms. The van der Waals surface area contributed by atoms with E-state index >= 15 is 0 Å². The molecule has 0 fully saturated rings. The van der Waals surface area contributed by atoms with Gasteiger partial charge in [0.15, 0.2) is 0 Å². The van der Waals surface area contributed by atoms with E-state index in [4.69, 9.17) is 9.84 Å². The van der Waals surface area contributed by atoms with E-state index in [1.54, 1.807) is 0 Å². The third-order valence-electron chi connectivity index (χ3n) is 5.53. The fourth-order valence-electron chi connectivity index (χ4n) is 3.63. The number of carboxylic acids is 1. The van der Waals surface area contributed by atoms with Gasteiger partial charge in [-0.1, -0.05) is 88.6 Å². The zero-order chi connectivity index (χ0) is 21.2. The topological polar surface area (TPSA) is 66.8 Å². The fraction of sp³-hybridized carbons (Fsp3) is 0.720. The molecule has 0 radical (unpaired) electrons. The molecule has 1 aromatic rings. The summed E-state index contributed by atoms with van der Waals surface area (Å²) in [7, 11) is 0. The second-order valence-electron chi connectivity index (χ2n) is 8.17. The Morgan fingerprint density at radius 2 is 1.41 bits per heavy atom. The van der Waals surface area contributed by atoms with Crippen LogP contribution < -0.4 is 0 Å². The first-order valence-electron chi connectivity index (χ1n) is 11.7. The molecule has 29 heavy (non-hydrogen) atoms. The molecule has 0 bridgehead atoms. The van der Waals surface area contributed by atoms with E-state index < -0.39 is 5.97 Å². The molecule has 2 N–H and O–H groups in total. The Bertz CT molecular complexity index is 503. The van der Waals surface area contributed by atoms with Gasteiger partial charge in [-0.25, -0.2) is 0 Å². The Hall–Kier alpha value is -1.39. The van der Waals surface area contributed by atoms with Gasteiger partial charge in [0, 0.05) is 6.42 Å². The van der Waals surface area contributed by atoms with Crippen molar-refractivity contribution in [3.05, 3.63) is 35.9 Å². The largest absolute Gasteiger partial charge is 0.481 e. The number of aliphatic carboxylic acids is 1. The van der Waals surface area contributed by atoms with Gasteiger partial charge < -0.3 is 14.9 Å². The minimum absolute atomic E-state index is 0.216. The first-order chi connectivity index (χ1) is 14.1. The number of aliphatic hydroxyl groups is 1. The minimum atomic E-state index is -0.726. The van der Waals surface area contributed by atoms with Crippen LogP contribution in [0.25, 0.3) is 0 Å². The molecule has 0 aliphatic heterocycles. The molecule has 0 spiro atoms. The van der Waals surface area contributed by atoms with E-state index in [9.17, 15) is 9.90 Å². The number of carbonyl (C=O) groups is 1. The smallest absolute Gasteiger partial charge is 0.303 e. The van der Waals surface area contributed by atoms with Crippen molar-refractivity contribution in [3.63, 3.8) is 0 Å². The number of aliphatic hydroxyl groups excluding tert-OH is 1. The maximum absolute atomic E-state index is 10.4. The molecule has 2 atom stereocenters. The highest BCUT2D eigenvalue weighted by atomic mass is 16.5. The number of carboxylic acid groups (broad SMARTS) is 1. The summed E-state index contributed by atoms with van der Waals surface area (Å²) in [5, 5.41) is 18.6. The predicted octanol–water partition coefficient (Wildman–Crippen LogP) is 6.50. The van der Waals surface area contributed by atoms with Crippen LogP contribution in [-0.2, 0) is 16.1 Å². The zero-order valence-electron chi connectivity index (χ0n) is 18.4. The first kappa shape index (κ1) is 25.6. The van der Waals surface area contributed by atoms with Crippen molar-refractivity contribution in [1.82, 2.24) is 0 Å². The van der Waals surface area contributed by atoms with Crippen molar-refractivity contribution in [2.75, 3.05) is 0 Å². The van der Waals surface area contributed by atoms with Crippen molar-refractivity contribution >= 4 is 5.97 Å². The highest BCUT2D eigenvalue weighted by molar-refractivity contribution is 5.66. The monoisotopic (exact) mass is 406 g/mol. The molecule has 0 aliphatic rings. The van der Waals surface area contributed by atoms with Gasteiger partial charge in [0.25, 0.3) is 0 Å². The van der Waals surface area contributed by atoms with Crippen LogP contribution in [0.1, 0.15) is 102 Å². The maximum atomic E-state index is 10.4. The Kier molecular flexibility index (Phi) is 15.4. The molecular weight excluding hydrogens is 364 g/mol. The van der Waals surface area contributed by atoms with Gasteiger partial charge >= 0.3 is 5.97 Å². The number of unbranched alkanes of at least 4 members (excludes halogenated alkanes) is 7. The SMILES string of the molecule is CCC(CCCCCCCCC(O)CCCCCC(=O)O)OCc1ccccc1. The van der Waals surface area contributed by atoms with Gasteiger partial charge in [0.2, 0.25) is 0 Å². The van der Waals surface area contributed by atoms with Gasteiger partial charge in [-0.3, -0.25) is 4.79 Å². The van der Waals surface area contributed by atoms with Crippen LogP contribution in [0, 0.1) is 0 Å². The van der Waals surface area contributed by atoms with E-state index in [1.165, 1.54) is 37.7 Å². The lowest BCUT2D eigenvalue weighted by Crippen LogP contribution is -2.11. The second-order valence-corrected chi connectivity index (χ2v) is 8.17. The van der Waals surface area contributed by atoms with Crippen LogP contribution in [0.5, 0.6) is 0 Å². The lowest BCUT2D eigenvalue weighted by Gasteiger charge is -2.16. The Balaban J connectivity index is 1.91. The highest BCUT2D eigenvalue weighted by Crippen LogP contribution is 2.16. The minimum Gasteiger partial charge on any atom is -0.481 e. The molecule has 0 aliphatic carbocycles. The summed E-state index contributed by atoms with van der Waals surface area (Å²) >= 11 is 0. The van der Waals surface area contributed by atoms with Gasteiger partial charge in [-0.2, -0.15) is 0 Å². The van der Waals surface area contributed by atoms with E-state index in [0.29, 0.717) is 12.7 Å². The molecule has 0 saturated heterocycles. The summed E-state index contributed by atoms with van der Waals surface area (Å²) in [4.78, 5) is 10.4. The van der Waals surface area contributed by atoms with E-state index in [-0.39, 0.29) is 12.5 Å². The van der Waals surface area contributed by atoms with Gasteiger partial charge in [0.1, 0.15) is 0 Å². The van der Waals surface area contributed by atoms with E-state index in [2.05, 4.69) is 31.2 Å². The molecule has 0 heterocycles. The number of hydrogen-bond acceptors (Lipinski definition) is 3. The molecule has 2 unspecified atom stereocenters. The summed E-state index contributed by atoms with van der Waals surface area (Å²) in [6, 6.07) is 10.4. The van der Waals surface area contributed by atoms with Crippen molar-refractivity contribution in [1.29, 1.82) is 0 Å². The Labute approximate surface area is 177 Å². The third-order valence-corrected chi connectivity index (χ3v) is 5.53. The van der Waals surface area contributed by atoms with Crippen LogP contribution in [0.2, 0.25) is 0 Å². The van der Waals surface area contributed by atoms with Crippen LogP contribution in [-0.4, -0.2) is 28.4 Å². The molecule has 0 aromatic heterocycles.